The molecule has 4 aromatic rings. The van der Waals surface area contributed by atoms with Crippen LogP contribution in [0.4, 0.5) is 0 Å². The molecule has 0 aliphatic rings. The molecule has 0 aliphatic heterocycles. The Balaban J connectivity index is 0.000000588. The number of hydrogen-bond acceptors (Lipinski definition) is 6. The highest BCUT2D eigenvalue weighted by Gasteiger charge is 2.13. The van der Waals surface area contributed by atoms with E-state index in [9.17, 15) is 8.42 Å². The second kappa shape index (κ2) is 11.7. The zero-order chi connectivity index (χ0) is 24.7. The van der Waals surface area contributed by atoms with Crippen LogP contribution in [-0.2, 0) is 16.7 Å². The molecule has 4 rings (SSSR count). The van der Waals surface area contributed by atoms with Gasteiger partial charge in [0.2, 0.25) is 0 Å². The number of nitrogens with zero attached hydrogens (tertiary/aromatic N) is 3. The maximum atomic E-state index is 9.19. The average molecular weight is 532 g/mol. The molecule has 2 aromatic heterocycles. The van der Waals surface area contributed by atoms with E-state index in [0.29, 0.717) is 22.5 Å². The van der Waals surface area contributed by atoms with Crippen molar-refractivity contribution in [3.8, 4) is 22.4 Å². The number of benzene rings is 2. The molecule has 2 aromatic carbocycles. The molecular weight excluding hydrogens is 510 g/mol. The third-order valence-corrected chi connectivity index (χ3v) is 5.88. The summed E-state index contributed by atoms with van der Waals surface area (Å²) in [6.45, 7) is 0.524. The van der Waals surface area contributed by atoms with Gasteiger partial charge >= 0.3 is 0 Å². The summed E-state index contributed by atoms with van der Waals surface area (Å²) in [7, 11) is -3.67. The molecule has 0 fully saturated rings. The number of aromatic nitrogens is 3. The van der Waals surface area contributed by atoms with Crippen molar-refractivity contribution in [3.63, 3.8) is 0 Å². The van der Waals surface area contributed by atoms with E-state index in [1.54, 1.807) is 18.0 Å². The standard InChI is InChI=1S/C23H18ClN3S2.CH4O3S/c1-29-20-11-7-17(8-12-20)23-21(16-5-9-18(24)10-6-16)14-22(28)27(26-23)15-19-4-2-3-13-25-19;1-5(2,3)4/h2-14H,15H2,1H3;1H3,(H,2,3,4). The summed E-state index contributed by atoms with van der Waals surface area (Å²) in [6.07, 6.45) is 4.56. The minimum absolute atomic E-state index is 0.524. The van der Waals surface area contributed by atoms with Crippen molar-refractivity contribution in [3.05, 3.63) is 94.4 Å². The Hall–Kier alpha value is -2.56. The molecule has 0 amide bonds. The van der Waals surface area contributed by atoms with Crippen LogP contribution >= 0.6 is 35.6 Å². The van der Waals surface area contributed by atoms with E-state index in [2.05, 4.69) is 35.5 Å². The van der Waals surface area contributed by atoms with Gasteiger partial charge in [-0.3, -0.25) is 9.54 Å². The molecule has 0 atom stereocenters. The highest BCUT2D eigenvalue weighted by molar-refractivity contribution is 7.98. The van der Waals surface area contributed by atoms with Gasteiger partial charge in [0, 0.05) is 27.2 Å². The SMILES string of the molecule is CS(=O)(=O)O.CSc1ccc(-c2nn(Cc3ccccn3)c(=S)cc2-c2ccc(Cl)cc2)cc1. The first kappa shape index (κ1) is 26.1. The number of rotatable bonds is 5. The molecule has 0 aliphatic carbocycles. The fourth-order valence-electron chi connectivity index (χ4n) is 3.06. The van der Waals surface area contributed by atoms with Crippen LogP contribution in [0, 0.1) is 4.64 Å². The first-order chi connectivity index (χ1) is 16.1. The van der Waals surface area contributed by atoms with E-state index in [0.717, 1.165) is 28.1 Å². The minimum Gasteiger partial charge on any atom is -0.286 e. The maximum absolute atomic E-state index is 9.19. The lowest BCUT2D eigenvalue weighted by Gasteiger charge is -2.14. The van der Waals surface area contributed by atoms with E-state index in [4.69, 9.17) is 33.5 Å². The van der Waals surface area contributed by atoms with Crippen LogP contribution in [-0.4, -0.2) is 40.2 Å². The Bertz CT molecular complexity index is 1400. The molecule has 0 unspecified atom stereocenters. The molecule has 0 spiro atoms. The largest absolute Gasteiger partial charge is 0.286 e. The minimum atomic E-state index is -3.67. The maximum Gasteiger partial charge on any atom is 0.261 e. The van der Waals surface area contributed by atoms with Crippen LogP contribution in [0.25, 0.3) is 22.4 Å². The summed E-state index contributed by atoms with van der Waals surface area (Å²) in [6, 6.07) is 24.0. The molecule has 0 bridgehead atoms. The predicted molar refractivity (Wildman–Crippen MR) is 142 cm³/mol. The Morgan fingerprint density at radius 2 is 1.65 bits per heavy atom. The van der Waals surface area contributed by atoms with Crippen molar-refractivity contribution < 1.29 is 13.0 Å². The smallest absolute Gasteiger partial charge is 0.261 e. The van der Waals surface area contributed by atoms with Crippen LogP contribution in [0.5, 0.6) is 0 Å². The van der Waals surface area contributed by atoms with Gasteiger partial charge in [-0.1, -0.05) is 54.2 Å². The van der Waals surface area contributed by atoms with Gasteiger partial charge in [0.05, 0.1) is 24.2 Å². The van der Waals surface area contributed by atoms with Crippen molar-refractivity contribution >= 4 is 45.7 Å². The summed E-state index contributed by atoms with van der Waals surface area (Å²) < 4.78 is 28.4. The summed E-state index contributed by atoms with van der Waals surface area (Å²) >= 11 is 13.5. The Morgan fingerprint density at radius 3 is 2.21 bits per heavy atom. The molecule has 6 nitrogen and oxygen atoms in total. The summed E-state index contributed by atoms with van der Waals surface area (Å²) in [4.78, 5) is 5.62. The second-order valence-corrected chi connectivity index (χ2v) is 10.4. The van der Waals surface area contributed by atoms with Crippen LogP contribution in [0.3, 0.4) is 0 Å². The number of thioether (sulfide) groups is 1. The second-order valence-electron chi connectivity index (χ2n) is 7.19. The summed E-state index contributed by atoms with van der Waals surface area (Å²) in [5.41, 5.74) is 4.85. The van der Waals surface area contributed by atoms with Gasteiger partial charge in [0.15, 0.2) is 0 Å². The fourth-order valence-corrected chi connectivity index (χ4v) is 3.82. The van der Waals surface area contributed by atoms with Crippen molar-refractivity contribution in [2.45, 2.75) is 11.4 Å². The number of hydrogen-bond donors (Lipinski definition) is 1. The molecule has 0 saturated heterocycles. The number of pyridine rings is 1. The molecule has 34 heavy (non-hydrogen) atoms. The molecule has 10 heteroatoms. The van der Waals surface area contributed by atoms with Gasteiger partial charge in [0.25, 0.3) is 10.1 Å². The van der Waals surface area contributed by atoms with E-state index in [-0.39, 0.29) is 0 Å². The fraction of sp³-hybridized carbons (Fsp3) is 0.125. The van der Waals surface area contributed by atoms with Crippen molar-refractivity contribution in [2.75, 3.05) is 12.5 Å². The average Bonchev–Trinajstić information content (AvgIpc) is 2.80. The van der Waals surface area contributed by atoms with E-state index >= 15 is 0 Å². The lowest BCUT2D eigenvalue weighted by Crippen LogP contribution is -2.09. The third-order valence-electron chi connectivity index (χ3n) is 4.55. The molecule has 0 radical (unpaired) electrons. The normalized spacial score (nSPS) is 10.9. The molecule has 1 N–H and O–H groups in total. The van der Waals surface area contributed by atoms with Crippen LogP contribution in [0.2, 0.25) is 5.02 Å². The van der Waals surface area contributed by atoms with Crippen LogP contribution in [0.15, 0.2) is 83.9 Å². The highest BCUT2D eigenvalue weighted by atomic mass is 35.5. The topological polar surface area (TPSA) is 85.1 Å². The van der Waals surface area contributed by atoms with Gasteiger partial charge in [-0.15, -0.1) is 11.8 Å². The zero-order valence-electron chi connectivity index (χ0n) is 18.4. The van der Waals surface area contributed by atoms with Gasteiger partial charge in [-0.25, -0.2) is 4.68 Å². The van der Waals surface area contributed by atoms with Gasteiger partial charge < -0.3 is 0 Å². The van der Waals surface area contributed by atoms with E-state index < -0.39 is 10.1 Å². The lowest BCUT2D eigenvalue weighted by atomic mass is 10.0. The van der Waals surface area contributed by atoms with Crippen LogP contribution < -0.4 is 0 Å². The Labute approximate surface area is 213 Å². The van der Waals surface area contributed by atoms with Crippen LogP contribution in [0.1, 0.15) is 5.69 Å². The quantitative estimate of drug-likeness (QED) is 0.184. The van der Waals surface area contributed by atoms with Gasteiger partial charge in [-0.05, 0) is 54.3 Å². The van der Waals surface area contributed by atoms with E-state index in [1.807, 2.05) is 53.2 Å². The molecule has 2 heterocycles. The zero-order valence-corrected chi connectivity index (χ0v) is 21.6. The first-order valence-corrected chi connectivity index (χ1v) is 13.8. The first-order valence-electron chi connectivity index (χ1n) is 9.99. The lowest BCUT2D eigenvalue weighted by molar-refractivity contribution is 0.490. The van der Waals surface area contributed by atoms with Gasteiger partial charge in [-0.2, -0.15) is 13.5 Å². The Kier molecular flexibility index (Phi) is 8.98. The van der Waals surface area contributed by atoms with Crippen molar-refractivity contribution in [1.29, 1.82) is 0 Å². The molecule has 176 valence electrons. The number of halogens is 1. The summed E-state index contributed by atoms with van der Waals surface area (Å²) in [5, 5.41) is 5.63. The highest BCUT2D eigenvalue weighted by Crippen LogP contribution is 2.32. The van der Waals surface area contributed by atoms with Crippen molar-refractivity contribution in [2.24, 2.45) is 0 Å². The molecule has 0 saturated carbocycles. The summed E-state index contributed by atoms with van der Waals surface area (Å²) in [5.74, 6) is 0. The van der Waals surface area contributed by atoms with Crippen molar-refractivity contribution in [1.82, 2.24) is 14.8 Å². The monoisotopic (exact) mass is 531 g/mol. The third kappa shape index (κ3) is 7.75. The Morgan fingerprint density at radius 1 is 1.03 bits per heavy atom. The van der Waals surface area contributed by atoms with E-state index in [1.165, 1.54) is 4.90 Å². The molecular formula is C24H22ClN3O3S3. The predicted octanol–water partition coefficient (Wildman–Crippen LogP) is 6.27. The van der Waals surface area contributed by atoms with Gasteiger partial charge in [0.1, 0.15) is 4.64 Å².